The average Bonchev–Trinajstić information content (AvgIpc) is 2.63. The van der Waals surface area contributed by atoms with Gasteiger partial charge in [-0.2, -0.15) is 4.36 Å². The van der Waals surface area contributed by atoms with Crippen LogP contribution in [0.1, 0.15) is 10.4 Å². The molecule has 6 nitrogen and oxygen atoms in total. The second kappa shape index (κ2) is 6.82. The summed E-state index contributed by atoms with van der Waals surface area (Å²) in [6.07, 6.45) is 5.86. The van der Waals surface area contributed by atoms with E-state index in [1.165, 1.54) is 24.7 Å². The maximum Gasteiger partial charge on any atom is 0.286 e. The molecule has 0 bridgehead atoms. The minimum atomic E-state index is -2.84. The van der Waals surface area contributed by atoms with Crippen molar-refractivity contribution in [1.82, 2.24) is 9.97 Å². The Hall–Kier alpha value is -3.06. The van der Waals surface area contributed by atoms with Crippen LogP contribution in [0.25, 0.3) is 11.1 Å². The van der Waals surface area contributed by atoms with Crippen molar-refractivity contribution in [3.8, 4) is 17.0 Å². The molecular formula is C18H15N3O3S. The van der Waals surface area contributed by atoms with Crippen LogP contribution < -0.4 is 0 Å². The number of aromatic hydroxyl groups is 1. The van der Waals surface area contributed by atoms with E-state index in [2.05, 4.69) is 14.3 Å². The monoisotopic (exact) mass is 353 g/mol. The Morgan fingerprint density at radius 2 is 1.80 bits per heavy atom. The second-order valence-electron chi connectivity index (χ2n) is 5.38. The number of benzene rings is 1. The van der Waals surface area contributed by atoms with Crippen LogP contribution in [0, 0.1) is 0 Å². The van der Waals surface area contributed by atoms with Crippen LogP contribution in [-0.4, -0.2) is 31.4 Å². The molecule has 0 aliphatic heterocycles. The van der Waals surface area contributed by atoms with Gasteiger partial charge in [-0.1, -0.05) is 18.2 Å². The van der Waals surface area contributed by atoms with E-state index in [0.29, 0.717) is 16.0 Å². The Balaban J connectivity index is 1.96. The van der Waals surface area contributed by atoms with Gasteiger partial charge in [-0.25, -0.2) is 9.19 Å². The standard InChI is InChI=1S/C18H15N3O3S/c1-25(24,16-5-3-2-4-6-16)21-18(23)15-9-14(10-19-11-15)13-7-8-17(22)20-12-13/h2-12H,1H3,(H,20,22). The summed E-state index contributed by atoms with van der Waals surface area (Å²) in [5, 5.41) is 9.25. The lowest BCUT2D eigenvalue weighted by atomic mass is 10.1. The van der Waals surface area contributed by atoms with Gasteiger partial charge in [0.1, 0.15) is 0 Å². The van der Waals surface area contributed by atoms with Crippen molar-refractivity contribution in [3.05, 3.63) is 72.7 Å². The van der Waals surface area contributed by atoms with Gasteiger partial charge in [0, 0.05) is 46.9 Å². The third kappa shape index (κ3) is 3.89. The van der Waals surface area contributed by atoms with Gasteiger partial charge in [0.05, 0.1) is 15.3 Å². The van der Waals surface area contributed by atoms with E-state index in [4.69, 9.17) is 0 Å². The number of aromatic nitrogens is 2. The number of rotatable bonds is 3. The Labute approximate surface area is 145 Å². The number of pyridine rings is 2. The zero-order valence-corrected chi connectivity index (χ0v) is 14.2. The van der Waals surface area contributed by atoms with Crippen LogP contribution in [0.4, 0.5) is 0 Å². The lowest BCUT2D eigenvalue weighted by Crippen LogP contribution is -2.04. The molecule has 3 rings (SSSR count). The van der Waals surface area contributed by atoms with E-state index < -0.39 is 15.6 Å². The third-order valence-corrected chi connectivity index (χ3v) is 5.17. The molecule has 2 aromatic heterocycles. The molecule has 0 fully saturated rings. The van der Waals surface area contributed by atoms with Gasteiger partial charge in [0.15, 0.2) is 0 Å². The molecule has 0 radical (unpaired) electrons. The largest absolute Gasteiger partial charge is 0.493 e. The molecule has 0 aliphatic rings. The molecule has 0 aliphatic carbocycles. The van der Waals surface area contributed by atoms with E-state index in [0.717, 1.165) is 0 Å². The molecular weight excluding hydrogens is 338 g/mol. The first-order chi connectivity index (χ1) is 12.0. The molecule has 25 heavy (non-hydrogen) atoms. The first-order valence-corrected chi connectivity index (χ1v) is 9.30. The zero-order valence-electron chi connectivity index (χ0n) is 13.4. The van der Waals surface area contributed by atoms with Gasteiger partial charge >= 0.3 is 0 Å². The fourth-order valence-corrected chi connectivity index (χ4v) is 3.40. The SMILES string of the molecule is CS(=O)(=NC(=O)c1cncc(-c2ccc(O)nc2)c1)c1ccccc1. The average molecular weight is 353 g/mol. The molecule has 3 aromatic rings. The van der Waals surface area contributed by atoms with Crippen molar-refractivity contribution >= 4 is 15.6 Å². The van der Waals surface area contributed by atoms with E-state index in [1.807, 2.05) is 0 Å². The van der Waals surface area contributed by atoms with Gasteiger partial charge < -0.3 is 5.11 Å². The van der Waals surface area contributed by atoms with Crippen LogP contribution in [0.2, 0.25) is 0 Å². The van der Waals surface area contributed by atoms with Crippen LogP contribution >= 0.6 is 0 Å². The number of hydrogen-bond acceptors (Lipinski definition) is 5. The van der Waals surface area contributed by atoms with Crippen LogP contribution in [0.3, 0.4) is 0 Å². The smallest absolute Gasteiger partial charge is 0.286 e. The minimum Gasteiger partial charge on any atom is -0.493 e. The van der Waals surface area contributed by atoms with E-state index in [-0.39, 0.29) is 11.4 Å². The molecule has 1 aromatic carbocycles. The normalized spacial score (nSPS) is 13.0. The van der Waals surface area contributed by atoms with E-state index in [9.17, 15) is 14.1 Å². The van der Waals surface area contributed by atoms with Crippen molar-refractivity contribution in [2.75, 3.05) is 6.26 Å². The van der Waals surface area contributed by atoms with Crippen LogP contribution in [0.15, 0.2) is 76.4 Å². The maximum atomic E-state index is 12.7. The highest BCUT2D eigenvalue weighted by atomic mass is 32.2. The maximum absolute atomic E-state index is 12.7. The highest BCUT2D eigenvalue weighted by Gasteiger charge is 2.12. The Morgan fingerprint density at radius 1 is 1.04 bits per heavy atom. The van der Waals surface area contributed by atoms with Gasteiger partial charge in [-0.15, -0.1) is 0 Å². The number of nitrogens with zero attached hydrogens (tertiary/aromatic N) is 3. The van der Waals surface area contributed by atoms with Crippen LogP contribution in [0.5, 0.6) is 5.88 Å². The summed E-state index contributed by atoms with van der Waals surface area (Å²) in [6.45, 7) is 0. The first kappa shape index (κ1) is 16.8. The van der Waals surface area contributed by atoms with Crippen molar-refractivity contribution in [1.29, 1.82) is 0 Å². The number of carbonyl (C=O) groups is 1. The Morgan fingerprint density at radius 3 is 2.48 bits per heavy atom. The van der Waals surface area contributed by atoms with Gasteiger partial charge in [-0.05, 0) is 24.3 Å². The summed E-state index contributed by atoms with van der Waals surface area (Å²) >= 11 is 0. The topological polar surface area (TPSA) is 92.5 Å². The Bertz CT molecular complexity index is 1020. The van der Waals surface area contributed by atoms with Gasteiger partial charge in [0.2, 0.25) is 5.88 Å². The molecule has 1 atom stereocenters. The summed E-state index contributed by atoms with van der Waals surface area (Å²) in [4.78, 5) is 20.8. The molecule has 2 heterocycles. The Kier molecular flexibility index (Phi) is 4.58. The number of amides is 1. The molecule has 0 saturated heterocycles. The van der Waals surface area contributed by atoms with Crippen molar-refractivity contribution in [2.24, 2.45) is 4.36 Å². The number of carbonyl (C=O) groups excluding carboxylic acids is 1. The summed E-state index contributed by atoms with van der Waals surface area (Å²) in [5.74, 6) is -0.690. The summed E-state index contributed by atoms with van der Waals surface area (Å²) < 4.78 is 16.6. The van der Waals surface area contributed by atoms with E-state index >= 15 is 0 Å². The molecule has 0 saturated carbocycles. The number of hydrogen-bond donors (Lipinski definition) is 1. The van der Waals surface area contributed by atoms with Crippen molar-refractivity contribution in [2.45, 2.75) is 4.90 Å². The molecule has 126 valence electrons. The van der Waals surface area contributed by atoms with Crippen molar-refractivity contribution < 1.29 is 14.1 Å². The highest BCUT2D eigenvalue weighted by Crippen LogP contribution is 2.21. The molecule has 1 N–H and O–H groups in total. The second-order valence-corrected chi connectivity index (χ2v) is 7.64. The molecule has 1 unspecified atom stereocenters. The fourth-order valence-electron chi connectivity index (χ4n) is 2.21. The third-order valence-electron chi connectivity index (χ3n) is 3.50. The molecule has 7 heteroatoms. The zero-order chi connectivity index (χ0) is 17.9. The minimum absolute atomic E-state index is 0.0903. The quantitative estimate of drug-likeness (QED) is 0.781. The summed E-state index contributed by atoms with van der Waals surface area (Å²) in [6, 6.07) is 13.4. The van der Waals surface area contributed by atoms with Gasteiger partial charge in [-0.3, -0.25) is 9.78 Å². The first-order valence-electron chi connectivity index (χ1n) is 7.38. The van der Waals surface area contributed by atoms with E-state index in [1.54, 1.807) is 48.7 Å². The van der Waals surface area contributed by atoms with Gasteiger partial charge in [0.25, 0.3) is 5.91 Å². The lowest BCUT2D eigenvalue weighted by molar-refractivity contribution is 0.100. The summed E-state index contributed by atoms with van der Waals surface area (Å²) in [5.41, 5.74) is 1.58. The predicted octanol–water partition coefficient (Wildman–Crippen LogP) is 3.15. The molecule has 1 amide bonds. The predicted molar refractivity (Wildman–Crippen MR) is 94.7 cm³/mol. The summed E-state index contributed by atoms with van der Waals surface area (Å²) in [7, 11) is -2.84. The fraction of sp³-hybridized carbons (Fsp3) is 0.0556. The highest BCUT2D eigenvalue weighted by molar-refractivity contribution is 7.93. The molecule has 0 spiro atoms. The lowest BCUT2D eigenvalue weighted by Gasteiger charge is -2.05. The van der Waals surface area contributed by atoms with Crippen molar-refractivity contribution in [3.63, 3.8) is 0 Å². The van der Waals surface area contributed by atoms with Crippen LogP contribution in [-0.2, 0) is 9.73 Å².